The first-order valence-corrected chi connectivity index (χ1v) is 8.76. The monoisotopic (exact) mass is 284 g/mol. The summed E-state index contributed by atoms with van der Waals surface area (Å²) in [5, 5.41) is 0. The Balaban J connectivity index is 1.89. The van der Waals surface area contributed by atoms with Gasteiger partial charge in [-0.25, -0.2) is 0 Å². The van der Waals surface area contributed by atoms with Crippen molar-refractivity contribution in [2.45, 2.75) is 70.8 Å². The van der Waals surface area contributed by atoms with E-state index in [1.165, 1.54) is 70.9 Å². The average molecular weight is 284 g/mol. The minimum atomic E-state index is 0.514. The van der Waals surface area contributed by atoms with Crippen molar-refractivity contribution in [2.75, 3.05) is 33.3 Å². The van der Waals surface area contributed by atoms with Gasteiger partial charge in [-0.1, -0.05) is 19.8 Å². The van der Waals surface area contributed by atoms with Crippen LogP contribution in [0.2, 0.25) is 0 Å². The number of unbranched alkanes of at least 4 members (excludes halogenated alkanes) is 3. The molecule has 1 aliphatic rings. The minimum absolute atomic E-state index is 0.514. The third kappa shape index (κ3) is 8.23. The molecule has 0 amide bonds. The average Bonchev–Trinajstić information content (AvgIpc) is 2.48. The second-order valence-electron chi connectivity index (χ2n) is 6.47. The van der Waals surface area contributed by atoms with E-state index >= 15 is 0 Å². The number of nitrogens with two attached hydrogens (primary N) is 1. The second kappa shape index (κ2) is 11.5. The Hall–Kier alpha value is -0.120. The lowest BCUT2D eigenvalue weighted by Gasteiger charge is -2.27. The molecule has 1 fully saturated rings. The van der Waals surface area contributed by atoms with Crippen LogP contribution in [0.25, 0.3) is 0 Å². The Morgan fingerprint density at radius 3 is 2.25 bits per heavy atom. The summed E-state index contributed by atoms with van der Waals surface area (Å²) in [6.07, 6.45) is 12.0. The molecule has 1 rings (SSSR count). The van der Waals surface area contributed by atoms with E-state index in [-0.39, 0.29) is 0 Å². The summed E-state index contributed by atoms with van der Waals surface area (Å²) >= 11 is 0. The molecule has 0 aromatic rings. The van der Waals surface area contributed by atoms with Gasteiger partial charge in [0, 0.05) is 6.61 Å². The minimum Gasteiger partial charge on any atom is -0.378 e. The molecule has 0 aromatic heterocycles. The van der Waals surface area contributed by atoms with Gasteiger partial charge < -0.3 is 15.4 Å². The maximum atomic E-state index is 6.00. The molecule has 0 heterocycles. The zero-order valence-electron chi connectivity index (χ0n) is 13.8. The van der Waals surface area contributed by atoms with Crippen molar-refractivity contribution in [1.29, 1.82) is 0 Å². The normalized spacial score (nSPS) is 23.4. The maximum absolute atomic E-state index is 6.00. The predicted molar refractivity (Wildman–Crippen MR) is 87.0 cm³/mol. The molecular formula is C17H36N2O. The lowest BCUT2D eigenvalue weighted by molar-refractivity contribution is 0.0165. The highest BCUT2D eigenvalue weighted by molar-refractivity contribution is 4.73. The summed E-state index contributed by atoms with van der Waals surface area (Å²) in [6, 6.07) is 0. The summed E-state index contributed by atoms with van der Waals surface area (Å²) in [7, 11) is 2.24. The summed E-state index contributed by atoms with van der Waals surface area (Å²) < 4.78 is 6.00. The van der Waals surface area contributed by atoms with Gasteiger partial charge in [-0.15, -0.1) is 0 Å². The highest BCUT2D eigenvalue weighted by Gasteiger charge is 2.20. The molecule has 1 aliphatic carbocycles. The molecule has 2 N–H and O–H groups in total. The molecular weight excluding hydrogens is 248 g/mol. The molecule has 0 spiro atoms. The lowest BCUT2D eigenvalue weighted by atomic mass is 9.87. The summed E-state index contributed by atoms with van der Waals surface area (Å²) in [5.41, 5.74) is 5.71. The molecule has 0 saturated heterocycles. The van der Waals surface area contributed by atoms with Gasteiger partial charge in [0.2, 0.25) is 0 Å². The van der Waals surface area contributed by atoms with E-state index in [2.05, 4.69) is 18.9 Å². The Labute approximate surface area is 126 Å². The van der Waals surface area contributed by atoms with E-state index in [1.54, 1.807) is 0 Å². The van der Waals surface area contributed by atoms with Crippen LogP contribution in [0.1, 0.15) is 64.7 Å². The number of hydrogen-bond donors (Lipinski definition) is 1. The van der Waals surface area contributed by atoms with Gasteiger partial charge in [-0.3, -0.25) is 0 Å². The van der Waals surface area contributed by atoms with Crippen LogP contribution < -0.4 is 5.73 Å². The molecule has 3 heteroatoms. The SMILES string of the molecule is CCCCCN(C)CCCCO[C@H]1CC[C@H](CN)CC1. The first-order chi connectivity index (χ1) is 9.76. The van der Waals surface area contributed by atoms with Crippen LogP contribution in [-0.2, 0) is 4.74 Å². The van der Waals surface area contributed by atoms with Gasteiger partial charge in [-0.2, -0.15) is 0 Å². The zero-order chi connectivity index (χ0) is 14.6. The number of hydrogen-bond acceptors (Lipinski definition) is 3. The van der Waals surface area contributed by atoms with E-state index in [0.29, 0.717) is 6.10 Å². The van der Waals surface area contributed by atoms with Crippen LogP contribution in [0.4, 0.5) is 0 Å². The Bertz CT molecular complexity index is 215. The van der Waals surface area contributed by atoms with Gasteiger partial charge in [0.1, 0.15) is 0 Å². The molecule has 120 valence electrons. The van der Waals surface area contributed by atoms with Crippen molar-refractivity contribution in [3.63, 3.8) is 0 Å². The highest BCUT2D eigenvalue weighted by atomic mass is 16.5. The largest absolute Gasteiger partial charge is 0.378 e. The van der Waals surface area contributed by atoms with Crippen LogP contribution in [0.3, 0.4) is 0 Å². The highest BCUT2D eigenvalue weighted by Crippen LogP contribution is 2.25. The smallest absolute Gasteiger partial charge is 0.0575 e. The van der Waals surface area contributed by atoms with Crippen molar-refractivity contribution in [3.05, 3.63) is 0 Å². The second-order valence-corrected chi connectivity index (χ2v) is 6.47. The Morgan fingerprint density at radius 2 is 1.65 bits per heavy atom. The zero-order valence-corrected chi connectivity index (χ0v) is 13.8. The summed E-state index contributed by atoms with van der Waals surface area (Å²) in [5.74, 6) is 0.756. The maximum Gasteiger partial charge on any atom is 0.0575 e. The molecule has 0 unspecified atom stereocenters. The first kappa shape index (κ1) is 17.9. The van der Waals surface area contributed by atoms with Crippen LogP contribution in [-0.4, -0.2) is 44.3 Å². The third-order valence-electron chi connectivity index (χ3n) is 4.56. The van der Waals surface area contributed by atoms with Crippen molar-refractivity contribution >= 4 is 0 Å². The van der Waals surface area contributed by atoms with Crippen molar-refractivity contribution < 1.29 is 4.74 Å². The van der Waals surface area contributed by atoms with Crippen LogP contribution in [0, 0.1) is 5.92 Å². The van der Waals surface area contributed by atoms with Gasteiger partial charge in [0.05, 0.1) is 6.10 Å². The topological polar surface area (TPSA) is 38.5 Å². The molecule has 0 aliphatic heterocycles. The van der Waals surface area contributed by atoms with E-state index in [0.717, 1.165) is 19.1 Å². The molecule has 0 bridgehead atoms. The summed E-state index contributed by atoms with van der Waals surface area (Å²) in [6.45, 7) is 6.53. The van der Waals surface area contributed by atoms with E-state index in [1.807, 2.05) is 0 Å². The van der Waals surface area contributed by atoms with Gasteiger partial charge in [0.15, 0.2) is 0 Å². The van der Waals surface area contributed by atoms with Crippen LogP contribution >= 0.6 is 0 Å². The molecule has 0 aromatic carbocycles. The van der Waals surface area contributed by atoms with Gasteiger partial charge >= 0.3 is 0 Å². The van der Waals surface area contributed by atoms with Crippen molar-refractivity contribution in [1.82, 2.24) is 4.90 Å². The molecule has 0 radical (unpaired) electrons. The molecule has 20 heavy (non-hydrogen) atoms. The first-order valence-electron chi connectivity index (χ1n) is 8.76. The lowest BCUT2D eigenvalue weighted by Crippen LogP contribution is -2.26. The Morgan fingerprint density at radius 1 is 1.00 bits per heavy atom. The van der Waals surface area contributed by atoms with E-state index in [4.69, 9.17) is 10.5 Å². The van der Waals surface area contributed by atoms with Crippen molar-refractivity contribution in [2.24, 2.45) is 11.7 Å². The standard InChI is InChI=1S/C17H36N2O/c1-3-4-5-12-19(2)13-6-7-14-20-17-10-8-16(15-18)9-11-17/h16-17H,3-15,18H2,1-2H3/t16-,17-. The third-order valence-corrected chi connectivity index (χ3v) is 4.56. The quantitative estimate of drug-likeness (QED) is 0.591. The van der Waals surface area contributed by atoms with Crippen molar-refractivity contribution in [3.8, 4) is 0 Å². The van der Waals surface area contributed by atoms with E-state index < -0.39 is 0 Å². The number of ether oxygens (including phenoxy) is 1. The number of nitrogens with zero attached hydrogens (tertiary/aromatic N) is 1. The number of rotatable bonds is 11. The fourth-order valence-corrected chi connectivity index (χ4v) is 3.01. The molecule has 3 nitrogen and oxygen atoms in total. The molecule has 0 atom stereocenters. The van der Waals surface area contributed by atoms with E-state index in [9.17, 15) is 0 Å². The predicted octanol–water partition coefficient (Wildman–Crippen LogP) is 3.42. The Kier molecular flexibility index (Phi) is 10.3. The fraction of sp³-hybridized carbons (Fsp3) is 1.00. The van der Waals surface area contributed by atoms with Gasteiger partial charge in [-0.05, 0) is 77.5 Å². The molecule has 1 saturated carbocycles. The van der Waals surface area contributed by atoms with Gasteiger partial charge in [0.25, 0.3) is 0 Å². The van der Waals surface area contributed by atoms with Crippen LogP contribution in [0.5, 0.6) is 0 Å². The summed E-state index contributed by atoms with van der Waals surface area (Å²) in [4.78, 5) is 2.46. The van der Waals surface area contributed by atoms with Crippen LogP contribution in [0.15, 0.2) is 0 Å². The fourth-order valence-electron chi connectivity index (χ4n) is 3.01.